The molecule has 6 heteroatoms. The van der Waals surface area contributed by atoms with Crippen molar-refractivity contribution in [3.05, 3.63) is 45.7 Å². The van der Waals surface area contributed by atoms with Crippen LogP contribution in [0.3, 0.4) is 0 Å². The highest BCUT2D eigenvalue weighted by Crippen LogP contribution is 2.22. The van der Waals surface area contributed by atoms with Gasteiger partial charge >= 0.3 is 0 Å². The third kappa shape index (κ3) is 2.29. The van der Waals surface area contributed by atoms with Crippen LogP contribution in [0, 0.1) is 20.8 Å². The molecule has 100 valence electrons. The number of hydrogen-bond acceptors (Lipinski definition) is 3. The standard InChI is InChI=1S/C13H15ClN4O/c1-7-8(2)16-18(9(7)3)10-4-5-11(12(14)6-10)13(15)17-19/h4-6,19H,1-3H3,(H2,15,17). The third-order valence-corrected chi connectivity index (χ3v) is 3.55. The van der Waals surface area contributed by atoms with Crippen LogP contribution >= 0.6 is 11.6 Å². The fourth-order valence-electron chi connectivity index (χ4n) is 1.87. The van der Waals surface area contributed by atoms with E-state index >= 15 is 0 Å². The van der Waals surface area contributed by atoms with E-state index in [-0.39, 0.29) is 5.84 Å². The van der Waals surface area contributed by atoms with Gasteiger partial charge in [0.25, 0.3) is 0 Å². The predicted molar refractivity (Wildman–Crippen MR) is 75.3 cm³/mol. The van der Waals surface area contributed by atoms with E-state index in [9.17, 15) is 0 Å². The van der Waals surface area contributed by atoms with Gasteiger partial charge in [0.1, 0.15) is 0 Å². The molecular weight excluding hydrogens is 264 g/mol. The molecule has 0 aliphatic carbocycles. The van der Waals surface area contributed by atoms with Crippen molar-refractivity contribution in [2.75, 3.05) is 0 Å². The highest BCUT2D eigenvalue weighted by atomic mass is 35.5. The third-order valence-electron chi connectivity index (χ3n) is 3.23. The minimum atomic E-state index is -0.0129. The lowest BCUT2D eigenvalue weighted by Crippen LogP contribution is -2.14. The van der Waals surface area contributed by atoms with Gasteiger partial charge in [-0.2, -0.15) is 5.10 Å². The molecule has 0 aliphatic rings. The van der Waals surface area contributed by atoms with Crippen LogP contribution in [0.2, 0.25) is 5.02 Å². The van der Waals surface area contributed by atoms with E-state index in [0.717, 1.165) is 22.6 Å². The van der Waals surface area contributed by atoms with Crippen LogP contribution in [0.1, 0.15) is 22.5 Å². The topological polar surface area (TPSA) is 76.4 Å². The average Bonchev–Trinajstić information content (AvgIpc) is 2.65. The SMILES string of the molecule is Cc1nn(-c2ccc(C(N)=NO)c(Cl)c2)c(C)c1C. The van der Waals surface area contributed by atoms with E-state index in [1.807, 2.05) is 31.5 Å². The number of nitrogens with two attached hydrogens (primary N) is 1. The van der Waals surface area contributed by atoms with Crippen LogP contribution < -0.4 is 5.73 Å². The smallest absolute Gasteiger partial charge is 0.171 e. The molecule has 0 saturated carbocycles. The Morgan fingerprint density at radius 3 is 2.53 bits per heavy atom. The van der Waals surface area contributed by atoms with Crippen LogP contribution in [-0.4, -0.2) is 20.8 Å². The lowest BCUT2D eigenvalue weighted by molar-refractivity contribution is 0.318. The van der Waals surface area contributed by atoms with Gasteiger partial charge in [-0.15, -0.1) is 0 Å². The summed E-state index contributed by atoms with van der Waals surface area (Å²) in [5, 5.41) is 16.5. The van der Waals surface area contributed by atoms with Crippen LogP contribution in [-0.2, 0) is 0 Å². The number of oxime groups is 1. The molecule has 1 aromatic carbocycles. The highest BCUT2D eigenvalue weighted by Gasteiger charge is 2.11. The summed E-state index contributed by atoms with van der Waals surface area (Å²) in [7, 11) is 0. The number of benzene rings is 1. The summed E-state index contributed by atoms with van der Waals surface area (Å²) < 4.78 is 1.83. The zero-order valence-electron chi connectivity index (χ0n) is 11.0. The number of aromatic nitrogens is 2. The fraction of sp³-hybridized carbons (Fsp3) is 0.231. The number of halogens is 1. The molecule has 1 heterocycles. The number of nitrogens with zero attached hydrogens (tertiary/aromatic N) is 3. The van der Waals surface area contributed by atoms with Gasteiger partial charge in [-0.05, 0) is 44.5 Å². The number of rotatable bonds is 2. The van der Waals surface area contributed by atoms with Gasteiger partial charge in [-0.25, -0.2) is 4.68 Å². The molecule has 1 aromatic heterocycles. The van der Waals surface area contributed by atoms with Crippen molar-refractivity contribution in [3.63, 3.8) is 0 Å². The summed E-state index contributed by atoms with van der Waals surface area (Å²) in [4.78, 5) is 0. The average molecular weight is 279 g/mol. The molecular formula is C13H15ClN4O. The van der Waals surface area contributed by atoms with Crippen molar-refractivity contribution >= 4 is 17.4 Å². The van der Waals surface area contributed by atoms with Gasteiger partial charge in [0.15, 0.2) is 5.84 Å². The van der Waals surface area contributed by atoms with Crippen molar-refractivity contribution in [2.45, 2.75) is 20.8 Å². The van der Waals surface area contributed by atoms with Crippen molar-refractivity contribution in [3.8, 4) is 5.69 Å². The second kappa shape index (κ2) is 4.93. The van der Waals surface area contributed by atoms with E-state index in [1.165, 1.54) is 0 Å². The summed E-state index contributed by atoms with van der Waals surface area (Å²) >= 11 is 6.14. The Kier molecular flexibility index (Phi) is 3.48. The van der Waals surface area contributed by atoms with Crippen molar-refractivity contribution in [2.24, 2.45) is 10.9 Å². The minimum absolute atomic E-state index is 0.0129. The van der Waals surface area contributed by atoms with Gasteiger partial charge in [0.05, 0.1) is 16.4 Å². The first-order chi connectivity index (χ1) is 8.95. The predicted octanol–water partition coefficient (Wildman–Crippen LogP) is 2.55. The summed E-state index contributed by atoms with van der Waals surface area (Å²) in [5.41, 5.74) is 10.1. The molecule has 0 radical (unpaired) electrons. The molecule has 2 aromatic rings. The van der Waals surface area contributed by atoms with Crippen LogP contribution in [0.25, 0.3) is 5.69 Å². The van der Waals surface area contributed by atoms with Gasteiger partial charge in [0, 0.05) is 11.3 Å². The Hall–Kier alpha value is -2.01. The zero-order chi connectivity index (χ0) is 14.2. The molecule has 0 atom stereocenters. The molecule has 19 heavy (non-hydrogen) atoms. The normalized spacial score (nSPS) is 11.9. The van der Waals surface area contributed by atoms with E-state index < -0.39 is 0 Å². The molecule has 0 amide bonds. The fourth-order valence-corrected chi connectivity index (χ4v) is 2.14. The molecule has 0 saturated heterocycles. The van der Waals surface area contributed by atoms with E-state index in [1.54, 1.807) is 12.1 Å². The molecule has 2 rings (SSSR count). The molecule has 0 bridgehead atoms. The minimum Gasteiger partial charge on any atom is -0.409 e. The molecule has 0 aliphatic heterocycles. The van der Waals surface area contributed by atoms with Gasteiger partial charge in [-0.1, -0.05) is 16.8 Å². The maximum absolute atomic E-state index is 8.67. The molecule has 3 N–H and O–H groups in total. The number of hydrogen-bond donors (Lipinski definition) is 2. The van der Waals surface area contributed by atoms with E-state index in [2.05, 4.69) is 10.3 Å². The number of amidine groups is 1. The Labute approximate surface area is 116 Å². The Morgan fingerprint density at radius 1 is 1.37 bits per heavy atom. The van der Waals surface area contributed by atoms with E-state index in [4.69, 9.17) is 22.5 Å². The Morgan fingerprint density at radius 2 is 2.05 bits per heavy atom. The lowest BCUT2D eigenvalue weighted by Gasteiger charge is -2.08. The maximum atomic E-state index is 8.67. The summed E-state index contributed by atoms with van der Waals surface area (Å²) in [5.74, 6) is -0.0129. The summed E-state index contributed by atoms with van der Waals surface area (Å²) in [6.07, 6.45) is 0. The van der Waals surface area contributed by atoms with Gasteiger partial charge < -0.3 is 10.9 Å². The lowest BCUT2D eigenvalue weighted by atomic mass is 10.2. The number of aryl methyl sites for hydroxylation is 1. The zero-order valence-corrected chi connectivity index (χ0v) is 11.7. The first-order valence-corrected chi connectivity index (χ1v) is 6.14. The maximum Gasteiger partial charge on any atom is 0.171 e. The first kappa shape index (κ1) is 13.4. The van der Waals surface area contributed by atoms with Crippen LogP contribution in [0.4, 0.5) is 0 Å². The van der Waals surface area contributed by atoms with Crippen molar-refractivity contribution in [1.82, 2.24) is 9.78 Å². The Balaban J connectivity index is 2.53. The second-order valence-electron chi connectivity index (χ2n) is 4.36. The van der Waals surface area contributed by atoms with Crippen molar-refractivity contribution < 1.29 is 5.21 Å². The van der Waals surface area contributed by atoms with Gasteiger partial charge in [-0.3, -0.25) is 0 Å². The van der Waals surface area contributed by atoms with E-state index in [0.29, 0.717) is 10.6 Å². The van der Waals surface area contributed by atoms with Crippen molar-refractivity contribution in [1.29, 1.82) is 0 Å². The van der Waals surface area contributed by atoms with Crippen LogP contribution in [0.15, 0.2) is 23.4 Å². The molecule has 0 unspecified atom stereocenters. The molecule has 0 spiro atoms. The molecule has 5 nitrogen and oxygen atoms in total. The summed E-state index contributed by atoms with van der Waals surface area (Å²) in [6.45, 7) is 5.99. The highest BCUT2D eigenvalue weighted by molar-refractivity contribution is 6.34. The molecule has 0 fully saturated rings. The Bertz CT molecular complexity index is 661. The van der Waals surface area contributed by atoms with Gasteiger partial charge in [0.2, 0.25) is 0 Å². The summed E-state index contributed by atoms with van der Waals surface area (Å²) in [6, 6.07) is 5.28. The quantitative estimate of drug-likeness (QED) is 0.384. The monoisotopic (exact) mass is 278 g/mol. The second-order valence-corrected chi connectivity index (χ2v) is 4.76. The van der Waals surface area contributed by atoms with Crippen LogP contribution in [0.5, 0.6) is 0 Å². The first-order valence-electron chi connectivity index (χ1n) is 5.76. The largest absolute Gasteiger partial charge is 0.409 e.